The Hall–Kier alpha value is -1.43. The van der Waals surface area contributed by atoms with Crippen LogP contribution in [0.1, 0.15) is 6.92 Å². The zero-order valence-electron chi connectivity index (χ0n) is 11.6. The Morgan fingerprint density at radius 3 is 2.63 bits per heavy atom. The van der Waals surface area contributed by atoms with Crippen LogP contribution in [0, 0.1) is 0 Å². The lowest BCUT2D eigenvalue weighted by atomic mass is 10.2. The van der Waals surface area contributed by atoms with Crippen molar-refractivity contribution in [3.8, 4) is 0 Å². The molecule has 1 aromatic rings. The third-order valence-corrected chi connectivity index (χ3v) is 2.97. The number of para-hydroxylation sites is 1. The van der Waals surface area contributed by atoms with E-state index in [2.05, 4.69) is 5.32 Å². The van der Waals surface area contributed by atoms with Gasteiger partial charge in [-0.15, -0.1) is 0 Å². The monoisotopic (exact) mass is 265 g/mol. The van der Waals surface area contributed by atoms with E-state index in [1.165, 1.54) is 0 Å². The summed E-state index contributed by atoms with van der Waals surface area (Å²) in [4.78, 5) is 14.2. The van der Waals surface area contributed by atoms with Gasteiger partial charge in [0.2, 0.25) is 5.91 Å². The molecule has 0 fully saturated rings. The van der Waals surface area contributed by atoms with Gasteiger partial charge in [0.1, 0.15) is 0 Å². The molecule has 0 heterocycles. The number of nitrogens with one attached hydrogen (secondary N) is 1. The molecular formula is C14H23N3O2. The second kappa shape index (κ2) is 8.63. The van der Waals surface area contributed by atoms with Crippen LogP contribution < -0.4 is 11.1 Å². The minimum Gasteiger partial charge on any atom is -0.383 e. The Bertz CT molecular complexity index is 370. The Morgan fingerprint density at radius 1 is 1.37 bits per heavy atom. The maximum atomic E-state index is 12.2. The summed E-state index contributed by atoms with van der Waals surface area (Å²) in [7, 11) is 1.65. The minimum absolute atomic E-state index is 0.0317. The lowest BCUT2D eigenvalue weighted by Crippen LogP contribution is -2.45. The van der Waals surface area contributed by atoms with Crippen molar-refractivity contribution in [2.24, 2.45) is 5.73 Å². The summed E-state index contributed by atoms with van der Waals surface area (Å²) < 4.78 is 5.05. The SMILES string of the molecule is COCCN(CCN)C(C)C(=O)Nc1ccccc1. The molecule has 0 aliphatic heterocycles. The van der Waals surface area contributed by atoms with E-state index in [1.54, 1.807) is 7.11 Å². The number of nitrogens with two attached hydrogens (primary N) is 1. The van der Waals surface area contributed by atoms with Crippen LogP contribution in [-0.2, 0) is 9.53 Å². The van der Waals surface area contributed by atoms with Crippen molar-refractivity contribution < 1.29 is 9.53 Å². The Morgan fingerprint density at radius 2 is 2.05 bits per heavy atom. The number of ether oxygens (including phenoxy) is 1. The molecule has 0 aliphatic rings. The topological polar surface area (TPSA) is 67.6 Å². The molecule has 0 aliphatic carbocycles. The highest BCUT2D eigenvalue weighted by Crippen LogP contribution is 2.08. The second-order valence-corrected chi connectivity index (χ2v) is 4.35. The van der Waals surface area contributed by atoms with Crippen molar-refractivity contribution in [3.05, 3.63) is 30.3 Å². The highest BCUT2D eigenvalue weighted by atomic mass is 16.5. The molecule has 5 heteroatoms. The fourth-order valence-electron chi connectivity index (χ4n) is 1.81. The molecule has 1 aromatic carbocycles. The van der Waals surface area contributed by atoms with E-state index in [4.69, 9.17) is 10.5 Å². The first-order chi connectivity index (χ1) is 9.19. The van der Waals surface area contributed by atoms with E-state index < -0.39 is 0 Å². The first kappa shape index (κ1) is 15.6. The van der Waals surface area contributed by atoms with Gasteiger partial charge in [0, 0.05) is 32.4 Å². The zero-order chi connectivity index (χ0) is 14.1. The number of nitrogens with zero attached hydrogens (tertiary/aromatic N) is 1. The molecule has 0 saturated heterocycles. The van der Waals surface area contributed by atoms with Gasteiger partial charge >= 0.3 is 0 Å². The Labute approximate surface area is 114 Å². The predicted molar refractivity (Wildman–Crippen MR) is 77.0 cm³/mol. The maximum Gasteiger partial charge on any atom is 0.241 e. The second-order valence-electron chi connectivity index (χ2n) is 4.35. The van der Waals surface area contributed by atoms with E-state index in [-0.39, 0.29) is 11.9 Å². The van der Waals surface area contributed by atoms with Crippen LogP contribution in [0.4, 0.5) is 5.69 Å². The molecule has 1 amide bonds. The summed E-state index contributed by atoms with van der Waals surface area (Å²) >= 11 is 0. The van der Waals surface area contributed by atoms with Crippen molar-refractivity contribution in [2.75, 3.05) is 38.7 Å². The molecule has 1 atom stereocenters. The Balaban J connectivity index is 2.57. The number of carbonyl (C=O) groups excluding carboxylic acids is 1. The van der Waals surface area contributed by atoms with Crippen molar-refractivity contribution in [1.29, 1.82) is 0 Å². The highest BCUT2D eigenvalue weighted by molar-refractivity contribution is 5.94. The summed E-state index contributed by atoms with van der Waals surface area (Å²) in [6, 6.07) is 9.20. The number of carbonyl (C=O) groups is 1. The van der Waals surface area contributed by atoms with Crippen LogP contribution in [0.25, 0.3) is 0 Å². The molecule has 0 saturated carbocycles. The summed E-state index contributed by atoms with van der Waals surface area (Å²) in [6.07, 6.45) is 0. The van der Waals surface area contributed by atoms with Gasteiger partial charge in [-0.05, 0) is 19.1 Å². The molecule has 0 bridgehead atoms. The highest BCUT2D eigenvalue weighted by Gasteiger charge is 2.20. The summed E-state index contributed by atoms with van der Waals surface area (Å²) in [5.74, 6) is -0.0317. The molecular weight excluding hydrogens is 242 g/mol. The minimum atomic E-state index is -0.237. The van der Waals surface area contributed by atoms with Crippen LogP contribution >= 0.6 is 0 Å². The number of benzene rings is 1. The zero-order valence-corrected chi connectivity index (χ0v) is 11.6. The van der Waals surface area contributed by atoms with Gasteiger partial charge in [0.05, 0.1) is 12.6 Å². The summed E-state index contributed by atoms with van der Waals surface area (Å²) in [5.41, 5.74) is 6.38. The van der Waals surface area contributed by atoms with Crippen LogP contribution in [-0.4, -0.2) is 50.2 Å². The normalized spacial score (nSPS) is 12.4. The van der Waals surface area contributed by atoms with Gasteiger partial charge in [0.15, 0.2) is 0 Å². The first-order valence-corrected chi connectivity index (χ1v) is 6.48. The molecule has 0 aromatic heterocycles. The standard InChI is InChI=1S/C14H23N3O2/c1-12(17(9-8-15)10-11-19-2)14(18)16-13-6-4-3-5-7-13/h3-7,12H,8-11,15H2,1-2H3,(H,16,18). The molecule has 106 valence electrons. The van der Waals surface area contributed by atoms with Gasteiger partial charge in [-0.2, -0.15) is 0 Å². The lowest BCUT2D eigenvalue weighted by molar-refractivity contribution is -0.120. The third kappa shape index (κ3) is 5.38. The quantitative estimate of drug-likeness (QED) is 0.733. The van der Waals surface area contributed by atoms with Crippen LogP contribution in [0.2, 0.25) is 0 Å². The van der Waals surface area contributed by atoms with Crippen molar-refractivity contribution in [2.45, 2.75) is 13.0 Å². The smallest absolute Gasteiger partial charge is 0.241 e. The number of methoxy groups -OCH3 is 1. The van der Waals surface area contributed by atoms with Gasteiger partial charge in [-0.3, -0.25) is 9.69 Å². The van der Waals surface area contributed by atoms with Gasteiger partial charge in [0.25, 0.3) is 0 Å². The molecule has 0 spiro atoms. The number of hydrogen-bond acceptors (Lipinski definition) is 4. The van der Waals surface area contributed by atoms with E-state index in [0.717, 1.165) is 5.69 Å². The fourth-order valence-corrected chi connectivity index (χ4v) is 1.81. The van der Waals surface area contributed by atoms with E-state index in [0.29, 0.717) is 26.2 Å². The maximum absolute atomic E-state index is 12.2. The molecule has 1 rings (SSSR count). The van der Waals surface area contributed by atoms with Crippen molar-refractivity contribution >= 4 is 11.6 Å². The molecule has 19 heavy (non-hydrogen) atoms. The van der Waals surface area contributed by atoms with Crippen LogP contribution in [0.15, 0.2) is 30.3 Å². The summed E-state index contributed by atoms with van der Waals surface area (Å²) in [5, 5.41) is 2.89. The fraction of sp³-hybridized carbons (Fsp3) is 0.500. The number of rotatable bonds is 8. The van der Waals surface area contributed by atoms with Crippen molar-refractivity contribution in [3.63, 3.8) is 0 Å². The van der Waals surface area contributed by atoms with Gasteiger partial charge < -0.3 is 15.8 Å². The lowest BCUT2D eigenvalue weighted by Gasteiger charge is -2.27. The number of hydrogen-bond donors (Lipinski definition) is 2. The predicted octanol–water partition coefficient (Wildman–Crippen LogP) is 0.921. The van der Waals surface area contributed by atoms with E-state index in [1.807, 2.05) is 42.2 Å². The van der Waals surface area contributed by atoms with Crippen LogP contribution in [0.5, 0.6) is 0 Å². The largest absolute Gasteiger partial charge is 0.383 e. The third-order valence-electron chi connectivity index (χ3n) is 2.97. The molecule has 0 radical (unpaired) electrons. The average molecular weight is 265 g/mol. The average Bonchev–Trinajstić information content (AvgIpc) is 2.43. The van der Waals surface area contributed by atoms with Gasteiger partial charge in [-0.1, -0.05) is 18.2 Å². The summed E-state index contributed by atoms with van der Waals surface area (Å²) in [6.45, 7) is 4.35. The van der Waals surface area contributed by atoms with Crippen LogP contribution in [0.3, 0.4) is 0 Å². The molecule has 5 nitrogen and oxygen atoms in total. The Kier molecular flexibility index (Phi) is 7.10. The van der Waals surface area contributed by atoms with Gasteiger partial charge in [-0.25, -0.2) is 0 Å². The van der Waals surface area contributed by atoms with E-state index >= 15 is 0 Å². The first-order valence-electron chi connectivity index (χ1n) is 6.48. The molecule has 1 unspecified atom stereocenters. The number of anilines is 1. The number of amides is 1. The van der Waals surface area contributed by atoms with E-state index in [9.17, 15) is 4.79 Å². The van der Waals surface area contributed by atoms with Crippen molar-refractivity contribution in [1.82, 2.24) is 4.90 Å². The molecule has 3 N–H and O–H groups in total.